The molecule has 4 rings (SSSR count). The quantitative estimate of drug-likeness (QED) is 0.646. The Hall–Kier alpha value is -2.08. The summed E-state index contributed by atoms with van der Waals surface area (Å²) in [6, 6.07) is 8.03. The number of aryl methyl sites for hydroxylation is 1. The number of fused-ring (bicyclic) bond motifs is 1. The van der Waals surface area contributed by atoms with E-state index in [4.69, 9.17) is 4.98 Å². The van der Waals surface area contributed by atoms with Gasteiger partial charge in [0.25, 0.3) is 10.0 Å². The zero-order chi connectivity index (χ0) is 20.6. The Balaban J connectivity index is 1.48. The van der Waals surface area contributed by atoms with Crippen LogP contribution in [0.5, 0.6) is 0 Å². The molecule has 1 fully saturated rings. The lowest BCUT2D eigenvalue weighted by Crippen LogP contribution is -2.37. The van der Waals surface area contributed by atoms with Gasteiger partial charge in [-0.15, -0.1) is 11.3 Å². The summed E-state index contributed by atoms with van der Waals surface area (Å²) >= 11 is 2.62. The number of anilines is 1. The number of ether oxygens (including phenoxy) is 1. The molecule has 29 heavy (non-hydrogen) atoms. The van der Waals surface area contributed by atoms with Crippen molar-refractivity contribution in [3.05, 3.63) is 35.0 Å². The van der Waals surface area contributed by atoms with E-state index in [-0.39, 0.29) is 15.3 Å². The Morgan fingerprint density at radius 3 is 2.62 bits per heavy atom. The minimum absolute atomic E-state index is 0.155. The highest BCUT2D eigenvalue weighted by molar-refractivity contribution is 7.91. The van der Waals surface area contributed by atoms with Crippen LogP contribution in [0.2, 0.25) is 0 Å². The summed E-state index contributed by atoms with van der Waals surface area (Å²) in [7, 11) is -2.43. The smallest absolute Gasteiger partial charge is 0.413 e. The molecule has 1 aromatic carbocycles. The van der Waals surface area contributed by atoms with Gasteiger partial charge in [0.05, 0.1) is 28.0 Å². The van der Waals surface area contributed by atoms with Crippen LogP contribution >= 0.6 is 22.7 Å². The molecule has 0 atom stereocenters. The van der Waals surface area contributed by atoms with Gasteiger partial charge in [-0.3, -0.25) is 5.32 Å². The third-order valence-corrected chi connectivity index (χ3v) is 9.59. The highest BCUT2D eigenvalue weighted by Crippen LogP contribution is 2.37. The highest BCUT2D eigenvalue weighted by Gasteiger charge is 2.34. The normalized spacial score (nSPS) is 16.2. The van der Waals surface area contributed by atoms with Crippen molar-refractivity contribution in [2.24, 2.45) is 0 Å². The Kier molecular flexibility index (Phi) is 5.56. The third-order valence-electron chi connectivity index (χ3n) is 4.84. The van der Waals surface area contributed by atoms with Gasteiger partial charge >= 0.3 is 6.09 Å². The number of thiazole rings is 2. The van der Waals surface area contributed by atoms with Crippen molar-refractivity contribution in [3.8, 4) is 0 Å². The van der Waals surface area contributed by atoms with Gasteiger partial charge in [0.1, 0.15) is 0 Å². The summed E-state index contributed by atoms with van der Waals surface area (Å²) < 4.78 is 33.5. The number of hydrogen-bond donors (Lipinski definition) is 1. The van der Waals surface area contributed by atoms with Gasteiger partial charge in [-0.2, -0.15) is 4.31 Å². The Morgan fingerprint density at radius 2 is 1.93 bits per heavy atom. The molecular weight excluding hydrogens is 432 g/mol. The first-order chi connectivity index (χ1) is 13.9. The van der Waals surface area contributed by atoms with Gasteiger partial charge < -0.3 is 4.74 Å². The zero-order valence-corrected chi connectivity index (χ0v) is 18.4. The van der Waals surface area contributed by atoms with Crippen LogP contribution in [0.3, 0.4) is 0 Å². The molecule has 1 aliphatic rings. The molecule has 0 unspecified atom stereocenters. The van der Waals surface area contributed by atoms with Crippen LogP contribution in [0, 0.1) is 6.92 Å². The molecule has 0 bridgehead atoms. The molecule has 1 N–H and O–H groups in total. The zero-order valence-electron chi connectivity index (χ0n) is 15.9. The van der Waals surface area contributed by atoms with Crippen LogP contribution in [0.1, 0.15) is 29.5 Å². The largest absolute Gasteiger partial charge is 0.453 e. The maximum atomic E-state index is 13.1. The monoisotopic (exact) mass is 452 g/mol. The number of piperidine rings is 1. The lowest BCUT2D eigenvalue weighted by atomic mass is 9.99. The van der Waals surface area contributed by atoms with E-state index in [1.807, 2.05) is 18.2 Å². The van der Waals surface area contributed by atoms with Crippen molar-refractivity contribution in [1.29, 1.82) is 0 Å². The molecule has 3 heterocycles. The van der Waals surface area contributed by atoms with E-state index in [1.54, 1.807) is 18.3 Å². The van der Waals surface area contributed by atoms with Gasteiger partial charge in [0, 0.05) is 19.0 Å². The van der Waals surface area contributed by atoms with Crippen molar-refractivity contribution in [2.75, 3.05) is 25.5 Å². The fraction of sp³-hybridized carbons (Fsp3) is 0.389. The summed E-state index contributed by atoms with van der Waals surface area (Å²) in [5.41, 5.74) is 1.36. The maximum absolute atomic E-state index is 13.1. The number of nitrogens with one attached hydrogen (secondary N) is 1. The molecule has 11 heteroatoms. The predicted molar refractivity (Wildman–Crippen MR) is 113 cm³/mol. The number of carbonyl (C=O) groups is 1. The van der Waals surface area contributed by atoms with Crippen molar-refractivity contribution in [3.63, 3.8) is 0 Å². The second-order valence-corrected chi connectivity index (χ2v) is 10.9. The van der Waals surface area contributed by atoms with Crippen molar-refractivity contribution in [2.45, 2.75) is 29.9 Å². The van der Waals surface area contributed by atoms with Crippen LogP contribution in [-0.4, -0.2) is 49.0 Å². The third kappa shape index (κ3) is 4.00. The van der Waals surface area contributed by atoms with Crippen LogP contribution < -0.4 is 5.32 Å². The summed E-state index contributed by atoms with van der Waals surface area (Å²) in [5, 5.41) is 3.70. The first kappa shape index (κ1) is 20.2. The lowest BCUT2D eigenvalue weighted by molar-refractivity contribution is 0.187. The molecule has 0 aliphatic carbocycles. The second kappa shape index (κ2) is 7.98. The minimum Gasteiger partial charge on any atom is -0.453 e. The minimum atomic E-state index is -3.66. The maximum Gasteiger partial charge on any atom is 0.413 e. The molecule has 154 valence electrons. The Morgan fingerprint density at radius 1 is 1.21 bits per heavy atom. The summed E-state index contributed by atoms with van der Waals surface area (Å²) in [4.78, 5) is 20.2. The predicted octanol–water partition coefficient (Wildman–Crippen LogP) is 3.81. The number of nitrogens with zero attached hydrogens (tertiary/aromatic N) is 3. The SMILES string of the molecule is COC(=O)Nc1nc(C)c(S(=O)(=O)N2CCC(c3nc4ccccc4s3)CC2)s1. The van der Waals surface area contributed by atoms with Gasteiger partial charge in [-0.25, -0.2) is 23.2 Å². The second-order valence-electron chi connectivity index (χ2n) is 6.71. The molecule has 1 amide bonds. The number of rotatable bonds is 4. The van der Waals surface area contributed by atoms with Crippen LogP contribution in [0.25, 0.3) is 10.2 Å². The fourth-order valence-corrected chi connectivity index (χ4v) is 7.48. The molecule has 0 spiro atoms. The van der Waals surface area contributed by atoms with E-state index in [1.165, 1.54) is 11.4 Å². The molecule has 3 aromatic rings. The molecule has 8 nitrogen and oxygen atoms in total. The van der Waals surface area contributed by atoms with Crippen molar-refractivity contribution in [1.82, 2.24) is 14.3 Å². The summed E-state index contributed by atoms with van der Waals surface area (Å²) in [6.45, 7) is 2.49. The van der Waals surface area contributed by atoms with Crippen LogP contribution in [0.15, 0.2) is 28.5 Å². The standard InChI is InChI=1S/C18H20N4O4S3/c1-11-16(28-17(19-11)21-18(23)26-2)29(24,25)22-9-7-12(8-10-22)15-20-13-5-3-4-6-14(13)27-15/h3-6,12H,7-10H2,1-2H3,(H,19,21,23). The first-order valence-electron chi connectivity index (χ1n) is 9.06. The Labute approximate surface area is 176 Å². The van der Waals surface area contributed by atoms with E-state index >= 15 is 0 Å². The topological polar surface area (TPSA) is 101 Å². The molecule has 0 radical (unpaired) electrons. The highest BCUT2D eigenvalue weighted by atomic mass is 32.2. The van der Waals surface area contributed by atoms with Crippen LogP contribution in [0.4, 0.5) is 9.93 Å². The number of para-hydroxylation sites is 1. The van der Waals surface area contributed by atoms with Crippen molar-refractivity contribution >= 4 is 54.1 Å². The Bertz CT molecular complexity index is 1110. The number of aromatic nitrogens is 2. The van der Waals surface area contributed by atoms with E-state index in [0.717, 1.165) is 39.4 Å². The number of hydrogen-bond acceptors (Lipinski definition) is 8. The van der Waals surface area contributed by atoms with Crippen molar-refractivity contribution < 1.29 is 17.9 Å². The number of amides is 1. The van der Waals surface area contributed by atoms with Crippen LogP contribution in [-0.2, 0) is 14.8 Å². The van der Waals surface area contributed by atoms with Gasteiger partial charge in [0.2, 0.25) is 0 Å². The van der Waals surface area contributed by atoms with Gasteiger partial charge in [-0.1, -0.05) is 23.5 Å². The molecule has 2 aromatic heterocycles. The van der Waals surface area contributed by atoms with Gasteiger partial charge in [0.15, 0.2) is 9.34 Å². The van der Waals surface area contributed by atoms with E-state index in [2.05, 4.69) is 21.1 Å². The molecular formula is C18H20N4O4S3. The lowest BCUT2D eigenvalue weighted by Gasteiger charge is -2.29. The van der Waals surface area contributed by atoms with E-state index < -0.39 is 16.1 Å². The number of benzene rings is 1. The summed E-state index contributed by atoms with van der Waals surface area (Å²) in [5.74, 6) is 0.262. The molecule has 1 saturated heterocycles. The fourth-order valence-electron chi connectivity index (χ4n) is 3.34. The number of sulfonamides is 1. The number of methoxy groups -OCH3 is 1. The molecule has 1 aliphatic heterocycles. The average molecular weight is 453 g/mol. The number of carbonyl (C=O) groups excluding carboxylic acids is 1. The summed E-state index contributed by atoms with van der Waals surface area (Å²) in [6.07, 6.45) is 0.772. The van der Waals surface area contributed by atoms with E-state index in [0.29, 0.717) is 18.8 Å². The van der Waals surface area contributed by atoms with E-state index in [9.17, 15) is 13.2 Å². The average Bonchev–Trinajstić information content (AvgIpc) is 3.31. The molecule has 0 saturated carbocycles. The van der Waals surface area contributed by atoms with Gasteiger partial charge in [-0.05, 0) is 31.9 Å². The first-order valence-corrected chi connectivity index (χ1v) is 12.1.